The van der Waals surface area contributed by atoms with E-state index in [0.29, 0.717) is 38.8 Å². The highest BCUT2D eigenvalue weighted by Crippen LogP contribution is 2.38. The van der Waals surface area contributed by atoms with Crippen LogP contribution in [0.3, 0.4) is 0 Å². The maximum absolute atomic E-state index is 11.8. The van der Waals surface area contributed by atoms with Gasteiger partial charge in [-0.25, -0.2) is 4.79 Å². The van der Waals surface area contributed by atoms with Crippen LogP contribution in [-0.2, 0) is 28.7 Å². The SMILES string of the molecule is CC(C)(C)OC(=O)N1CC2(CCC(=O)NC2=O)C1.O=C1CCC2(CNC2)C(=O)N1.O=CC(F)(F)F. The number of amides is 5. The number of piperidine rings is 2. The fraction of sp³-hybridized carbons (Fsp3) is 0.714. The fourth-order valence-corrected chi connectivity index (χ4v) is 3.78. The maximum atomic E-state index is 11.8. The van der Waals surface area contributed by atoms with Crippen LogP contribution in [0.1, 0.15) is 46.5 Å². The molecule has 35 heavy (non-hydrogen) atoms. The normalized spacial score (nSPS) is 22.3. The van der Waals surface area contributed by atoms with E-state index >= 15 is 0 Å². The zero-order valence-electron chi connectivity index (χ0n) is 19.7. The highest BCUT2D eigenvalue weighted by molar-refractivity contribution is 6.02. The lowest BCUT2D eigenvalue weighted by atomic mass is 9.73. The summed E-state index contributed by atoms with van der Waals surface area (Å²) in [5.41, 5.74) is -1.36. The number of nitrogens with zero attached hydrogens (tertiary/aromatic N) is 1. The summed E-state index contributed by atoms with van der Waals surface area (Å²) in [6, 6.07) is 0. The number of likely N-dealkylation sites (tertiary alicyclic amines) is 1. The third-order valence-corrected chi connectivity index (χ3v) is 5.83. The lowest BCUT2D eigenvalue weighted by Gasteiger charge is -2.49. The van der Waals surface area contributed by atoms with Gasteiger partial charge in [0, 0.05) is 39.0 Å². The second-order valence-electron chi connectivity index (χ2n) is 9.91. The molecular weight excluding hydrogens is 477 g/mol. The summed E-state index contributed by atoms with van der Waals surface area (Å²) >= 11 is 0. The number of hydrogen-bond donors (Lipinski definition) is 3. The molecule has 0 radical (unpaired) electrons. The Bertz CT molecular complexity index is 888. The molecule has 11 nitrogen and oxygen atoms in total. The zero-order chi connectivity index (χ0) is 26.7. The van der Waals surface area contributed by atoms with E-state index in [0.717, 1.165) is 13.1 Å². The summed E-state index contributed by atoms with van der Waals surface area (Å²) in [6.45, 7) is 7.52. The number of hydrogen-bond acceptors (Lipinski definition) is 8. The minimum atomic E-state index is -4.64. The van der Waals surface area contributed by atoms with Gasteiger partial charge in [-0.2, -0.15) is 13.2 Å². The standard InChI is InChI=1S/C12H18N2O4.C7H10N2O2.C2HF3O/c1-11(2,3)18-10(17)14-6-12(7-14)5-4-8(15)13-9(12)16;10-5-1-2-7(3-8-4-7)6(11)9-5;3-2(4,5)1-6/h4-7H2,1-3H3,(H,13,15,16);8H,1-4H2,(H,9,10,11);1H. The van der Waals surface area contributed by atoms with Gasteiger partial charge in [0.15, 0.2) is 0 Å². The van der Waals surface area contributed by atoms with Crippen molar-refractivity contribution in [3.05, 3.63) is 0 Å². The van der Waals surface area contributed by atoms with E-state index < -0.39 is 29.6 Å². The first kappa shape index (κ1) is 28.2. The first-order valence-corrected chi connectivity index (χ1v) is 10.9. The van der Waals surface area contributed by atoms with Crippen LogP contribution in [0, 0.1) is 10.8 Å². The molecule has 4 fully saturated rings. The summed E-state index contributed by atoms with van der Waals surface area (Å²) < 4.78 is 36.5. The number of halogens is 3. The average molecular weight is 506 g/mol. The van der Waals surface area contributed by atoms with Crippen LogP contribution in [-0.4, -0.2) is 78.9 Å². The van der Waals surface area contributed by atoms with Crippen molar-refractivity contribution in [2.24, 2.45) is 10.8 Å². The van der Waals surface area contributed by atoms with Gasteiger partial charge in [-0.1, -0.05) is 0 Å². The van der Waals surface area contributed by atoms with E-state index in [4.69, 9.17) is 9.53 Å². The predicted octanol–water partition coefficient (Wildman–Crippen LogP) is 0.420. The molecular formula is C21H29F3N4O7. The van der Waals surface area contributed by atoms with Crippen molar-refractivity contribution in [3.63, 3.8) is 0 Å². The number of imide groups is 2. The molecule has 0 aromatic carbocycles. The topological polar surface area (TPSA) is 151 Å². The zero-order valence-corrected chi connectivity index (χ0v) is 19.7. The Kier molecular flexibility index (Phi) is 8.30. The number of carbonyl (C=O) groups is 6. The van der Waals surface area contributed by atoms with Crippen molar-refractivity contribution in [3.8, 4) is 0 Å². The molecule has 4 aliphatic rings. The van der Waals surface area contributed by atoms with Crippen molar-refractivity contribution in [2.45, 2.75) is 58.2 Å². The van der Waals surface area contributed by atoms with Gasteiger partial charge in [-0.3, -0.25) is 34.6 Å². The quantitative estimate of drug-likeness (QED) is 0.316. The molecule has 0 unspecified atom stereocenters. The summed E-state index contributed by atoms with van der Waals surface area (Å²) in [4.78, 5) is 66.7. The second kappa shape index (κ2) is 10.3. The Morgan fingerprint density at radius 2 is 1.34 bits per heavy atom. The molecule has 2 spiro atoms. The molecule has 0 aliphatic carbocycles. The molecule has 0 aromatic heterocycles. The largest absolute Gasteiger partial charge is 0.446 e. The van der Waals surface area contributed by atoms with Gasteiger partial charge >= 0.3 is 12.3 Å². The molecule has 0 saturated carbocycles. The number of rotatable bonds is 0. The van der Waals surface area contributed by atoms with E-state index in [9.17, 15) is 37.1 Å². The number of nitrogens with one attached hydrogen (secondary N) is 3. The first-order valence-electron chi connectivity index (χ1n) is 10.9. The Morgan fingerprint density at radius 3 is 1.66 bits per heavy atom. The van der Waals surface area contributed by atoms with Crippen molar-refractivity contribution in [1.29, 1.82) is 0 Å². The Morgan fingerprint density at radius 1 is 0.914 bits per heavy atom. The third-order valence-electron chi connectivity index (χ3n) is 5.83. The van der Waals surface area contributed by atoms with Crippen LogP contribution in [0.2, 0.25) is 0 Å². The van der Waals surface area contributed by atoms with Gasteiger partial charge in [-0.05, 0) is 33.6 Å². The lowest BCUT2D eigenvalue weighted by Crippen LogP contribution is -2.67. The average Bonchev–Trinajstić information content (AvgIpc) is 2.64. The molecule has 5 amide bonds. The third kappa shape index (κ3) is 7.47. The van der Waals surface area contributed by atoms with E-state index in [-0.39, 0.29) is 29.0 Å². The molecule has 196 valence electrons. The highest BCUT2D eigenvalue weighted by Gasteiger charge is 2.54. The number of alkyl halides is 3. The smallest absolute Gasteiger partial charge is 0.444 e. The van der Waals surface area contributed by atoms with Crippen LogP contribution in [0.15, 0.2) is 0 Å². The first-order chi connectivity index (χ1) is 16.0. The maximum Gasteiger partial charge on any atom is 0.446 e. The second-order valence-corrected chi connectivity index (χ2v) is 9.91. The van der Waals surface area contributed by atoms with E-state index in [1.54, 1.807) is 20.8 Å². The minimum absolute atomic E-state index is 0.0903. The van der Waals surface area contributed by atoms with Gasteiger partial charge in [0.25, 0.3) is 0 Å². The van der Waals surface area contributed by atoms with E-state index in [1.807, 2.05) is 0 Å². The molecule has 4 rings (SSSR count). The fourth-order valence-electron chi connectivity index (χ4n) is 3.78. The predicted molar refractivity (Wildman–Crippen MR) is 112 cm³/mol. The Hall–Kier alpha value is -3.03. The molecule has 0 aromatic rings. The van der Waals surface area contributed by atoms with Crippen LogP contribution in [0.5, 0.6) is 0 Å². The minimum Gasteiger partial charge on any atom is -0.444 e. The van der Waals surface area contributed by atoms with Crippen molar-refractivity contribution >= 4 is 36.0 Å². The van der Waals surface area contributed by atoms with Crippen LogP contribution < -0.4 is 16.0 Å². The molecule has 4 heterocycles. The Balaban J connectivity index is 0.000000215. The van der Waals surface area contributed by atoms with E-state index in [1.165, 1.54) is 4.90 Å². The number of carbonyl (C=O) groups excluding carboxylic acids is 6. The number of ether oxygens (including phenoxy) is 1. The molecule has 4 saturated heterocycles. The molecule has 0 bridgehead atoms. The summed E-state index contributed by atoms with van der Waals surface area (Å²) in [5, 5.41) is 7.72. The molecule has 14 heteroatoms. The highest BCUT2D eigenvalue weighted by atomic mass is 19.4. The summed E-state index contributed by atoms with van der Waals surface area (Å²) in [7, 11) is 0. The van der Waals surface area contributed by atoms with Gasteiger partial charge in [0.2, 0.25) is 29.9 Å². The molecule has 3 N–H and O–H groups in total. The summed E-state index contributed by atoms with van der Waals surface area (Å²) in [5.74, 6) is -0.722. The lowest BCUT2D eigenvalue weighted by molar-refractivity contribution is -0.156. The van der Waals surface area contributed by atoms with Crippen LogP contribution >= 0.6 is 0 Å². The van der Waals surface area contributed by atoms with Crippen molar-refractivity contribution in [2.75, 3.05) is 26.2 Å². The monoisotopic (exact) mass is 506 g/mol. The van der Waals surface area contributed by atoms with Crippen LogP contribution in [0.25, 0.3) is 0 Å². The molecule has 0 atom stereocenters. The number of aldehydes is 1. The van der Waals surface area contributed by atoms with Crippen LogP contribution in [0.4, 0.5) is 18.0 Å². The van der Waals surface area contributed by atoms with Gasteiger partial charge in [0.05, 0.1) is 10.8 Å². The van der Waals surface area contributed by atoms with Gasteiger partial charge in [0.1, 0.15) is 5.60 Å². The van der Waals surface area contributed by atoms with E-state index in [2.05, 4.69) is 16.0 Å². The van der Waals surface area contributed by atoms with Crippen molar-refractivity contribution < 1.29 is 46.7 Å². The summed E-state index contributed by atoms with van der Waals surface area (Å²) in [6.07, 6.45) is -4.05. The molecule has 4 aliphatic heterocycles. The van der Waals surface area contributed by atoms with Gasteiger partial charge in [-0.15, -0.1) is 0 Å². The van der Waals surface area contributed by atoms with Crippen molar-refractivity contribution in [1.82, 2.24) is 20.9 Å². The van der Waals surface area contributed by atoms with Gasteiger partial charge < -0.3 is 15.0 Å². The Labute approximate surface area is 199 Å².